The lowest BCUT2D eigenvalue weighted by Gasteiger charge is -2.16. The zero-order valence-electron chi connectivity index (χ0n) is 22.8. The van der Waals surface area contributed by atoms with E-state index in [1.54, 1.807) is 6.08 Å². The smallest absolute Gasteiger partial charge is 0.243 e. The van der Waals surface area contributed by atoms with E-state index in [0.29, 0.717) is 19.1 Å². The molecule has 1 N–H and O–H groups in total. The Morgan fingerprint density at radius 2 is 1.79 bits per heavy atom. The average Bonchev–Trinajstić information content (AvgIpc) is 3.27. The van der Waals surface area contributed by atoms with Crippen molar-refractivity contribution in [3.05, 3.63) is 101 Å². The number of nitrogens with zero attached hydrogens (tertiary/aromatic N) is 2. The van der Waals surface area contributed by atoms with Crippen molar-refractivity contribution in [1.29, 1.82) is 0 Å². The predicted octanol–water partition coefficient (Wildman–Crippen LogP) is 7.09. The molecule has 0 fully saturated rings. The van der Waals surface area contributed by atoms with Gasteiger partial charge >= 0.3 is 0 Å². The number of amides is 1. The van der Waals surface area contributed by atoms with Gasteiger partial charge in [-0.1, -0.05) is 74.9 Å². The molecule has 1 aromatic heterocycles. The minimum absolute atomic E-state index is 0.0510. The summed E-state index contributed by atoms with van der Waals surface area (Å²) in [7, 11) is 0. The van der Waals surface area contributed by atoms with E-state index >= 15 is 0 Å². The van der Waals surface area contributed by atoms with Crippen molar-refractivity contribution in [3.8, 4) is 5.75 Å². The summed E-state index contributed by atoms with van der Waals surface area (Å²) >= 11 is 0. The zero-order valence-corrected chi connectivity index (χ0v) is 22.8. The van der Waals surface area contributed by atoms with Crippen LogP contribution < -0.4 is 10.1 Å². The van der Waals surface area contributed by atoms with Crippen molar-refractivity contribution in [2.45, 2.75) is 58.9 Å². The van der Waals surface area contributed by atoms with E-state index in [4.69, 9.17) is 9.72 Å². The Labute approximate surface area is 226 Å². The van der Waals surface area contributed by atoms with E-state index in [-0.39, 0.29) is 5.91 Å². The van der Waals surface area contributed by atoms with Gasteiger partial charge in [0, 0.05) is 19.0 Å². The quantitative estimate of drug-likeness (QED) is 0.155. The Morgan fingerprint density at radius 1 is 1.00 bits per heavy atom. The molecule has 198 valence electrons. The summed E-state index contributed by atoms with van der Waals surface area (Å²) in [6.45, 7) is 8.53. The lowest BCUT2D eigenvalue weighted by Crippen LogP contribution is -2.22. The molecule has 4 rings (SSSR count). The van der Waals surface area contributed by atoms with Crippen molar-refractivity contribution >= 4 is 23.0 Å². The standard InChI is InChI=1S/C33H39N3O2/c1-25(2)28-19-17-26(3)24-31(28)38-23-22-36-30-15-10-9-14-29(30)35-32(36)16-8-5-11-21-34-33(37)20-18-27-12-6-4-7-13-27/h4,6-7,9-10,12-15,17-20,24-25H,5,8,11,16,21-23H2,1-3H3,(H,34,37)/b20-18+. The van der Waals surface area contributed by atoms with Gasteiger partial charge in [0.15, 0.2) is 0 Å². The van der Waals surface area contributed by atoms with Gasteiger partial charge in [0.05, 0.1) is 17.6 Å². The van der Waals surface area contributed by atoms with Gasteiger partial charge in [0.25, 0.3) is 0 Å². The first kappa shape index (κ1) is 27.2. The molecule has 5 nitrogen and oxygen atoms in total. The predicted molar refractivity (Wildman–Crippen MR) is 157 cm³/mol. The number of carbonyl (C=O) groups is 1. The first-order chi connectivity index (χ1) is 18.5. The second-order valence-electron chi connectivity index (χ2n) is 10.1. The molecular formula is C33H39N3O2. The molecule has 3 aromatic carbocycles. The zero-order chi connectivity index (χ0) is 26.7. The Bertz CT molecular complexity index is 1360. The van der Waals surface area contributed by atoms with Gasteiger partial charge < -0.3 is 14.6 Å². The van der Waals surface area contributed by atoms with Crippen LogP contribution in [0.15, 0.2) is 78.9 Å². The molecule has 0 aliphatic heterocycles. The van der Waals surface area contributed by atoms with Crippen LogP contribution in [0.3, 0.4) is 0 Å². The molecule has 0 radical (unpaired) electrons. The fourth-order valence-electron chi connectivity index (χ4n) is 4.65. The number of aromatic nitrogens is 2. The lowest BCUT2D eigenvalue weighted by molar-refractivity contribution is -0.116. The normalized spacial score (nSPS) is 11.5. The van der Waals surface area contributed by atoms with Crippen LogP contribution in [0.5, 0.6) is 5.75 Å². The van der Waals surface area contributed by atoms with Crippen molar-refractivity contribution < 1.29 is 9.53 Å². The molecule has 5 heteroatoms. The summed E-state index contributed by atoms with van der Waals surface area (Å²) in [6.07, 6.45) is 7.34. The Morgan fingerprint density at radius 3 is 2.61 bits per heavy atom. The second-order valence-corrected chi connectivity index (χ2v) is 10.1. The number of imidazole rings is 1. The van der Waals surface area contributed by atoms with Crippen LogP contribution in [0.25, 0.3) is 17.1 Å². The SMILES string of the molecule is Cc1ccc(C(C)C)c(OCCn2c(CCCCCNC(=O)/C=C/c3ccccc3)nc3ccccc32)c1. The topological polar surface area (TPSA) is 56.1 Å². The van der Waals surface area contributed by atoms with Gasteiger partial charge in [-0.05, 0) is 66.6 Å². The molecule has 38 heavy (non-hydrogen) atoms. The molecule has 0 spiro atoms. The third-order valence-electron chi connectivity index (χ3n) is 6.70. The maximum atomic E-state index is 12.1. The number of nitrogens with one attached hydrogen (secondary N) is 1. The van der Waals surface area contributed by atoms with Crippen molar-refractivity contribution in [2.24, 2.45) is 0 Å². The van der Waals surface area contributed by atoms with Gasteiger partial charge in [-0.3, -0.25) is 4.79 Å². The fraction of sp³-hybridized carbons (Fsp3) is 0.333. The van der Waals surface area contributed by atoms with E-state index in [9.17, 15) is 4.79 Å². The number of hydrogen-bond acceptors (Lipinski definition) is 3. The third-order valence-corrected chi connectivity index (χ3v) is 6.70. The van der Waals surface area contributed by atoms with Gasteiger partial charge in [-0.2, -0.15) is 0 Å². The van der Waals surface area contributed by atoms with E-state index in [0.717, 1.165) is 60.4 Å². The number of benzene rings is 3. The van der Waals surface area contributed by atoms with Crippen molar-refractivity contribution in [2.75, 3.05) is 13.2 Å². The van der Waals surface area contributed by atoms with Crippen molar-refractivity contribution in [1.82, 2.24) is 14.9 Å². The number of unbranched alkanes of at least 4 members (excludes halogenated alkanes) is 2. The Balaban J connectivity index is 1.27. The number of carbonyl (C=O) groups excluding carboxylic acids is 1. The molecule has 0 saturated heterocycles. The van der Waals surface area contributed by atoms with E-state index in [1.807, 2.05) is 42.5 Å². The van der Waals surface area contributed by atoms with Crippen LogP contribution in [0, 0.1) is 6.92 Å². The summed E-state index contributed by atoms with van der Waals surface area (Å²) in [5.74, 6) is 2.44. The van der Waals surface area contributed by atoms with Gasteiger partial charge in [-0.15, -0.1) is 0 Å². The minimum Gasteiger partial charge on any atom is -0.491 e. The Kier molecular flexibility index (Phi) is 9.74. The lowest BCUT2D eigenvalue weighted by atomic mass is 10.0. The van der Waals surface area contributed by atoms with E-state index < -0.39 is 0 Å². The summed E-state index contributed by atoms with van der Waals surface area (Å²) < 4.78 is 8.59. The van der Waals surface area contributed by atoms with Crippen LogP contribution in [-0.2, 0) is 17.8 Å². The maximum Gasteiger partial charge on any atom is 0.243 e. The first-order valence-electron chi connectivity index (χ1n) is 13.7. The number of ether oxygens (including phenoxy) is 1. The third kappa shape index (κ3) is 7.58. The molecule has 0 unspecified atom stereocenters. The number of hydrogen-bond donors (Lipinski definition) is 1. The molecule has 1 amide bonds. The average molecular weight is 510 g/mol. The van der Waals surface area contributed by atoms with E-state index in [2.05, 4.69) is 67.1 Å². The van der Waals surface area contributed by atoms with Gasteiger partial charge in [0.1, 0.15) is 18.2 Å². The summed E-state index contributed by atoms with van der Waals surface area (Å²) in [5.41, 5.74) is 5.65. The molecule has 0 aliphatic rings. The van der Waals surface area contributed by atoms with Crippen LogP contribution >= 0.6 is 0 Å². The Hall–Kier alpha value is -3.86. The molecule has 0 atom stereocenters. The minimum atomic E-state index is -0.0510. The molecule has 0 bridgehead atoms. The number of fused-ring (bicyclic) bond motifs is 1. The monoisotopic (exact) mass is 509 g/mol. The summed E-state index contributed by atoms with van der Waals surface area (Å²) in [6, 6.07) is 24.6. The molecule has 4 aromatic rings. The molecule has 0 saturated carbocycles. The number of aryl methyl sites for hydroxylation is 2. The highest BCUT2D eigenvalue weighted by molar-refractivity contribution is 5.91. The fourth-order valence-corrected chi connectivity index (χ4v) is 4.65. The first-order valence-corrected chi connectivity index (χ1v) is 13.7. The second kappa shape index (κ2) is 13.6. The highest BCUT2D eigenvalue weighted by Gasteiger charge is 2.12. The highest BCUT2D eigenvalue weighted by Crippen LogP contribution is 2.27. The highest BCUT2D eigenvalue weighted by atomic mass is 16.5. The summed E-state index contributed by atoms with van der Waals surface area (Å²) in [5, 5.41) is 2.98. The van der Waals surface area contributed by atoms with Crippen molar-refractivity contribution in [3.63, 3.8) is 0 Å². The van der Waals surface area contributed by atoms with Gasteiger partial charge in [0.2, 0.25) is 5.91 Å². The van der Waals surface area contributed by atoms with Crippen LogP contribution in [0.2, 0.25) is 0 Å². The number of rotatable bonds is 13. The van der Waals surface area contributed by atoms with Gasteiger partial charge in [-0.25, -0.2) is 4.98 Å². The largest absolute Gasteiger partial charge is 0.491 e. The number of para-hydroxylation sites is 2. The van der Waals surface area contributed by atoms with Crippen LogP contribution in [0.4, 0.5) is 0 Å². The van der Waals surface area contributed by atoms with E-state index in [1.165, 1.54) is 11.1 Å². The molecule has 0 aliphatic carbocycles. The molecule has 1 heterocycles. The van der Waals surface area contributed by atoms with Crippen LogP contribution in [-0.4, -0.2) is 28.6 Å². The summed E-state index contributed by atoms with van der Waals surface area (Å²) in [4.78, 5) is 17.0. The van der Waals surface area contributed by atoms with Crippen LogP contribution in [0.1, 0.15) is 61.5 Å². The maximum absolute atomic E-state index is 12.1. The molecular weight excluding hydrogens is 470 g/mol.